The van der Waals surface area contributed by atoms with Crippen molar-refractivity contribution in [1.29, 1.82) is 0 Å². The Labute approximate surface area is 143 Å². The number of phenolic OH excluding ortho intramolecular Hbond substituents is 1. The maximum atomic E-state index is 12.8. The lowest BCUT2D eigenvalue weighted by Crippen LogP contribution is -2.33. The molecule has 0 spiro atoms. The van der Waals surface area contributed by atoms with Crippen LogP contribution in [0.2, 0.25) is 0 Å². The molecule has 9 heteroatoms. The lowest BCUT2D eigenvalue weighted by molar-refractivity contribution is 0.373. The van der Waals surface area contributed by atoms with Gasteiger partial charge in [-0.2, -0.15) is 19.4 Å². The highest BCUT2D eigenvalue weighted by Gasteiger charge is 2.23. The largest absolute Gasteiger partial charge is 0.504 e. The van der Waals surface area contributed by atoms with Crippen LogP contribution in [0.1, 0.15) is 32.0 Å². The first-order valence-electron chi connectivity index (χ1n) is 7.56. The molecule has 3 aromatic rings. The molecule has 9 nitrogen and oxygen atoms in total. The first-order chi connectivity index (χ1) is 11.8. The lowest BCUT2D eigenvalue weighted by atomic mass is 9.93. The van der Waals surface area contributed by atoms with Crippen molar-refractivity contribution in [2.75, 3.05) is 7.11 Å². The van der Waals surface area contributed by atoms with Gasteiger partial charge < -0.3 is 9.84 Å². The predicted octanol–water partition coefficient (Wildman–Crippen LogP) is 1.18. The summed E-state index contributed by atoms with van der Waals surface area (Å²) in [4.78, 5) is 12.8. The van der Waals surface area contributed by atoms with E-state index in [1.165, 1.54) is 30.2 Å². The van der Waals surface area contributed by atoms with Gasteiger partial charge >= 0.3 is 0 Å². The van der Waals surface area contributed by atoms with E-state index in [0.29, 0.717) is 17.0 Å². The van der Waals surface area contributed by atoms with Crippen molar-refractivity contribution in [3.8, 4) is 11.5 Å². The number of aromatic nitrogens is 5. The summed E-state index contributed by atoms with van der Waals surface area (Å²) in [7, 11) is 1.46. The number of hydrogen-bond donors (Lipinski definition) is 1. The van der Waals surface area contributed by atoms with Crippen molar-refractivity contribution in [3.05, 3.63) is 46.1 Å². The van der Waals surface area contributed by atoms with Crippen LogP contribution in [0, 0.1) is 0 Å². The summed E-state index contributed by atoms with van der Waals surface area (Å²) in [6.45, 7) is 5.68. The summed E-state index contributed by atoms with van der Waals surface area (Å²) in [6, 6.07) is 4.75. The second-order valence-electron chi connectivity index (χ2n) is 6.47. The Kier molecular flexibility index (Phi) is 3.99. The molecule has 0 amide bonds. The van der Waals surface area contributed by atoms with Crippen LogP contribution in [0.5, 0.6) is 11.5 Å². The Morgan fingerprint density at radius 3 is 2.76 bits per heavy atom. The average molecular weight is 342 g/mol. The normalized spacial score (nSPS) is 12.2. The predicted molar refractivity (Wildman–Crippen MR) is 91.4 cm³/mol. The average Bonchev–Trinajstić information content (AvgIpc) is 3.02. The Hall–Kier alpha value is -3.23. The third-order valence-electron chi connectivity index (χ3n) is 3.54. The Morgan fingerprint density at radius 1 is 1.32 bits per heavy atom. The van der Waals surface area contributed by atoms with Crippen molar-refractivity contribution >= 4 is 12.0 Å². The number of fused-ring (bicyclic) bond motifs is 1. The highest BCUT2D eigenvalue weighted by Crippen LogP contribution is 2.25. The molecule has 0 atom stereocenters. The number of methoxy groups -OCH3 is 1. The van der Waals surface area contributed by atoms with Crippen molar-refractivity contribution in [2.45, 2.75) is 26.2 Å². The Balaban J connectivity index is 2.14. The van der Waals surface area contributed by atoms with E-state index in [0.717, 1.165) is 4.68 Å². The van der Waals surface area contributed by atoms with Gasteiger partial charge in [0.2, 0.25) is 0 Å². The van der Waals surface area contributed by atoms with Crippen LogP contribution in [0.3, 0.4) is 0 Å². The molecule has 1 aromatic carbocycles. The highest BCUT2D eigenvalue weighted by atomic mass is 16.5. The van der Waals surface area contributed by atoms with E-state index in [4.69, 9.17) is 4.74 Å². The van der Waals surface area contributed by atoms with Gasteiger partial charge in [-0.25, -0.2) is 0 Å². The van der Waals surface area contributed by atoms with Crippen molar-refractivity contribution in [3.63, 3.8) is 0 Å². The number of aromatic hydroxyl groups is 1. The number of benzene rings is 1. The van der Waals surface area contributed by atoms with Crippen LogP contribution in [-0.4, -0.2) is 42.9 Å². The van der Waals surface area contributed by atoms with E-state index >= 15 is 0 Å². The van der Waals surface area contributed by atoms with Gasteiger partial charge in [-0.05, 0) is 23.8 Å². The van der Waals surface area contributed by atoms with E-state index in [2.05, 4.69) is 20.4 Å². The second-order valence-corrected chi connectivity index (χ2v) is 6.47. The fourth-order valence-corrected chi connectivity index (χ4v) is 2.25. The molecule has 0 saturated carbocycles. The van der Waals surface area contributed by atoms with Gasteiger partial charge in [-0.1, -0.05) is 20.8 Å². The summed E-state index contributed by atoms with van der Waals surface area (Å²) in [5, 5.41) is 25.9. The van der Waals surface area contributed by atoms with Gasteiger partial charge in [0.05, 0.1) is 13.3 Å². The quantitative estimate of drug-likeness (QED) is 0.716. The number of nitrogens with zero attached hydrogens (tertiary/aromatic N) is 6. The van der Waals surface area contributed by atoms with E-state index in [-0.39, 0.29) is 17.1 Å². The van der Waals surface area contributed by atoms with Gasteiger partial charge in [-0.3, -0.25) is 4.79 Å². The molecule has 0 radical (unpaired) electrons. The maximum absolute atomic E-state index is 12.8. The molecule has 3 rings (SSSR count). The summed E-state index contributed by atoms with van der Waals surface area (Å²) < 4.78 is 7.63. The molecule has 0 aliphatic heterocycles. The van der Waals surface area contributed by atoms with Gasteiger partial charge in [0.1, 0.15) is 12.0 Å². The number of ether oxygens (including phenoxy) is 1. The molecule has 2 heterocycles. The zero-order valence-corrected chi connectivity index (χ0v) is 14.3. The first-order valence-corrected chi connectivity index (χ1v) is 7.56. The third kappa shape index (κ3) is 3.08. The summed E-state index contributed by atoms with van der Waals surface area (Å²) in [5.41, 5.74) is 0.165. The van der Waals surface area contributed by atoms with Crippen LogP contribution in [-0.2, 0) is 5.41 Å². The number of rotatable bonds is 3. The Morgan fingerprint density at radius 2 is 2.08 bits per heavy atom. The van der Waals surface area contributed by atoms with Crippen LogP contribution in [0.25, 0.3) is 5.78 Å². The molecule has 0 unspecified atom stereocenters. The van der Waals surface area contributed by atoms with Crippen molar-refractivity contribution < 1.29 is 9.84 Å². The maximum Gasteiger partial charge on any atom is 0.298 e. The fourth-order valence-electron chi connectivity index (χ4n) is 2.25. The molecule has 0 aliphatic carbocycles. The highest BCUT2D eigenvalue weighted by molar-refractivity contribution is 5.80. The van der Waals surface area contributed by atoms with E-state index in [1.807, 2.05) is 20.8 Å². The monoisotopic (exact) mass is 342 g/mol. The van der Waals surface area contributed by atoms with E-state index in [9.17, 15) is 9.90 Å². The minimum atomic E-state index is -0.464. The Bertz CT molecular complexity index is 1010. The fraction of sp³-hybridized carbons (Fsp3) is 0.312. The molecular formula is C16H18N6O3. The molecule has 1 N–H and O–H groups in total. The van der Waals surface area contributed by atoms with Crippen LogP contribution in [0.15, 0.2) is 34.4 Å². The van der Waals surface area contributed by atoms with E-state index < -0.39 is 5.41 Å². The second kappa shape index (κ2) is 6.00. The molecule has 0 bridgehead atoms. The van der Waals surface area contributed by atoms with Crippen molar-refractivity contribution in [2.24, 2.45) is 5.10 Å². The van der Waals surface area contributed by atoms with Gasteiger partial charge in [-0.15, -0.1) is 10.2 Å². The third-order valence-corrected chi connectivity index (χ3v) is 3.54. The van der Waals surface area contributed by atoms with Gasteiger partial charge in [0, 0.05) is 5.41 Å². The molecule has 130 valence electrons. The number of phenols is 1. The molecule has 25 heavy (non-hydrogen) atoms. The SMILES string of the molecule is COc1cc(/C=N/n2c(=O)c(C(C)(C)C)nn3cnnc23)ccc1O. The van der Waals surface area contributed by atoms with Gasteiger partial charge in [0.25, 0.3) is 11.3 Å². The van der Waals surface area contributed by atoms with Crippen LogP contribution < -0.4 is 10.3 Å². The van der Waals surface area contributed by atoms with Gasteiger partial charge in [0.15, 0.2) is 11.5 Å². The minimum absolute atomic E-state index is 0.0237. The van der Waals surface area contributed by atoms with Crippen LogP contribution >= 0.6 is 0 Å². The molecule has 0 saturated heterocycles. The zero-order chi connectivity index (χ0) is 18.2. The topological polar surface area (TPSA) is 107 Å². The lowest BCUT2D eigenvalue weighted by Gasteiger charge is -2.16. The summed E-state index contributed by atoms with van der Waals surface area (Å²) in [6.07, 6.45) is 2.89. The smallest absolute Gasteiger partial charge is 0.298 e. The summed E-state index contributed by atoms with van der Waals surface area (Å²) in [5.74, 6) is 0.546. The number of hydrogen-bond acceptors (Lipinski definition) is 7. The zero-order valence-electron chi connectivity index (χ0n) is 14.3. The minimum Gasteiger partial charge on any atom is -0.504 e. The molecule has 0 aliphatic rings. The first kappa shape index (κ1) is 16.6. The van der Waals surface area contributed by atoms with E-state index in [1.54, 1.807) is 12.1 Å². The van der Waals surface area contributed by atoms with Crippen LogP contribution in [0.4, 0.5) is 0 Å². The summed E-state index contributed by atoms with van der Waals surface area (Å²) >= 11 is 0. The van der Waals surface area contributed by atoms with Crippen molar-refractivity contribution in [1.82, 2.24) is 24.5 Å². The molecule has 0 fully saturated rings. The molecule has 2 aromatic heterocycles. The standard InChI is InChI=1S/C16H18N6O3/c1-16(2,3)13-14(24)22(15-19-17-9-21(15)20-13)18-8-10-5-6-11(23)12(7-10)25-4/h5-9,23H,1-4H3/b18-8+. The molecular weight excluding hydrogens is 324 g/mol.